The topological polar surface area (TPSA) is 59.8 Å². The summed E-state index contributed by atoms with van der Waals surface area (Å²) in [5.74, 6) is 0. The summed E-state index contributed by atoms with van der Waals surface area (Å²) >= 11 is 0. The van der Waals surface area contributed by atoms with E-state index in [0.717, 1.165) is 32.1 Å². The minimum absolute atomic E-state index is 0.00684. The van der Waals surface area contributed by atoms with Gasteiger partial charge in [0.25, 0.3) is 0 Å². The number of methoxy groups -OCH3 is 1. The second-order valence-electron chi connectivity index (χ2n) is 10.1. The minimum Gasteiger partial charge on any atom is -0.385 e. The smallest absolute Gasteiger partial charge is 0.320 e. The summed E-state index contributed by atoms with van der Waals surface area (Å²) < 4.78 is 5.26. The molecular weight excluding hydrogens is 388 g/mol. The maximum absolute atomic E-state index is 13.4. The summed E-state index contributed by atoms with van der Waals surface area (Å²) in [5.41, 5.74) is 0.635. The number of carbonyl (C=O) groups excluding carboxylic acids is 1. The molecule has 2 fully saturated rings. The lowest BCUT2D eigenvalue weighted by atomic mass is 9.68. The number of carbonyl (C=O) groups is 1. The molecule has 0 radical (unpaired) electrons. The second kappa shape index (κ2) is 9.18. The van der Waals surface area contributed by atoms with E-state index in [0.29, 0.717) is 26.2 Å². The monoisotopic (exact) mass is 426 g/mol. The van der Waals surface area contributed by atoms with Crippen LogP contribution in [0.5, 0.6) is 0 Å². The van der Waals surface area contributed by atoms with E-state index in [4.69, 9.17) is 4.74 Å². The predicted molar refractivity (Wildman–Crippen MR) is 123 cm³/mol. The van der Waals surface area contributed by atoms with Crippen LogP contribution in [-0.2, 0) is 10.3 Å². The molecule has 0 aromatic heterocycles. The van der Waals surface area contributed by atoms with E-state index >= 15 is 0 Å². The van der Waals surface area contributed by atoms with Gasteiger partial charge < -0.3 is 14.5 Å². The Labute approximate surface area is 187 Å². The van der Waals surface area contributed by atoms with Crippen LogP contribution in [0.2, 0.25) is 0 Å². The maximum Gasteiger partial charge on any atom is 0.320 e. The molecule has 1 saturated carbocycles. The molecule has 1 aromatic carbocycles. The molecule has 3 rings (SSSR count). The van der Waals surface area contributed by atoms with Gasteiger partial charge >= 0.3 is 6.03 Å². The van der Waals surface area contributed by atoms with Gasteiger partial charge in [-0.05, 0) is 65.6 Å². The van der Waals surface area contributed by atoms with Crippen LogP contribution in [0.4, 0.5) is 4.79 Å². The van der Waals surface area contributed by atoms with Crippen LogP contribution >= 0.6 is 0 Å². The first kappa shape index (κ1) is 23.6. The summed E-state index contributed by atoms with van der Waals surface area (Å²) in [7, 11) is 6.04. The zero-order valence-electron chi connectivity index (χ0n) is 19.9. The van der Waals surface area contributed by atoms with Crippen LogP contribution in [0.3, 0.4) is 0 Å². The summed E-state index contributed by atoms with van der Waals surface area (Å²) in [6.07, 6.45) is 4.77. The van der Waals surface area contributed by atoms with Crippen molar-refractivity contribution in [2.24, 2.45) is 5.41 Å². The summed E-state index contributed by atoms with van der Waals surface area (Å²) in [4.78, 5) is 19.8. The van der Waals surface area contributed by atoms with Gasteiger partial charge in [-0.25, -0.2) is 4.79 Å². The van der Waals surface area contributed by atoms with E-state index in [1.54, 1.807) is 7.11 Å². The Morgan fingerprint density at radius 1 is 1.16 bits per heavy atom. The molecule has 1 saturated heterocycles. The average molecular weight is 427 g/mol. The zero-order valence-corrected chi connectivity index (χ0v) is 19.9. The molecule has 1 aliphatic carbocycles. The van der Waals surface area contributed by atoms with Crippen molar-refractivity contribution in [3.8, 4) is 6.07 Å². The minimum atomic E-state index is -0.550. The molecule has 1 aliphatic heterocycles. The van der Waals surface area contributed by atoms with Crippen molar-refractivity contribution in [1.29, 1.82) is 5.26 Å². The number of hydrogen-bond donors (Lipinski definition) is 0. The lowest BCUT2D eigenvalue weighted by molar-refractivity contribution is 0.0222. The summed E-state index contributed by atoms with van der Waals surface area (Å²) in [6, 6.07) is 13.2. The molecule has 0 atom stereocenters. The van der Waals surface area contributed by atoms with Crippen LogP contribution in [0, 0.1) is 16.7 Å². The highest BCUT2D eigenvalue weighted by Gasteiger charge is 2.54. The largest absolute Gasteiger partial charge is 0.385 e. The standard InChI is InChI=1S/C25H38N4O2/c1-23(2,18-26)19-28-20-24(29(22(28)30)16-9-17-31-5)12-14-25(15-13-24,27(3)4)21-10-7-6-8-11-21/h6-8,10-11H,9,12-17,19-20H2,1-5H3. The first-order valence-electron chi connectivity index (χ1n) is 11.4. The quantitative estimate of drug-likeness (QED) is 0.588. The highest BCUT2D eigenvalue weighted by molar-refractivity contribution is 5.78. The lowest BCUT2D eigenvalue weighted by Gasteiger charge is -2.51. The Morgan fingerprint density at radius 3 is 2.35 bits per heavy atom. The maximum atomic E-state index is 13.4. The molecule has 31 heavy (non-hydrogen) atoms. The van der Waals surface area contributed by atoms with E-state index in [1.807, 2.05) is 18.7 Å². The van der Waals surface area contributed by atoms with Crippen molar-refractivity contribution in [1.82, 2.24) is 14.7 Å². The Hall–Kier alpha value is -2.10. The number of nitriles is 1. The first-order valence-corrected chi connectivity index (χ1v) is 11.4. The SMILES string of the molecule is COCCCN1C(=O)N(CC(C)(C)C#N)CC12CCC(c1ccccc1)(N(C)C)CC2. The number of nitrogens with zero attached hydrogens (tertiary/aromatic N) is 4. The molecule has 6 heteroatoms. The summed E-state index contributed by atoms with van der Waals surface area (Å²) in [5, 5.41) is 9.51. The van der Waals surface area contributed by atoms with Crippen LogP contribution in [0.15, 0.2) is 30.3 Å². The zero-order chi connectivity index (χ0) is 22.7. The molecule has 1 spiro atoms. The fraction of sp³-hybridized carbons (Fsp3) is 0.680. The van der Waals surface area contributed by atoms with E-state index in [-0.39, 0.29) is 17.1 Å². The van der Waals surface area contributed by atoms with Crippen molar-refractivity contribution in [2.45, 2.75) is 57.0 Å². The molecule has 1 aromatic rings. The van der Waals surface area contributed by atoms with Gasteiger partial charge in [-0.3, -0.25) is 4.90 Å². The van der Waals surface area contributed by atoms with Crippen molar-refractivity contribution in [3.05, 3.63) is 35.9 Å². The van der Waals surface area contributed by atoms with Gasteiger partial charge in [0.2, 0.25) is 0 Å². The third-order valence-electron chi connectivity index (χ3n) is 7.35. The number of amides is 2. The van der Waals surface area contributed by atoms with Crippen LogP contribution in [0.1, 0.15) is 51.5 Å². The van der Waals surface area contributed by atoms with Crippen LogP contribution < -0.4 is 0 Å². The number of benzene rings is 1. The number of hydrogen-bond acceptors (Lipinski definition) is 4. The fourth-order valence-corrected chi connectivity index (χ4v) is 5.52. The molecule has 0 unspecified atom stereocenters. The van der Waals surface area contributed by atoms with Gasteiger partial charge in [-0.2, -0.15) is 5.26 Å². The van der Waals surface area contributed by atoms with Gasteiger partial charge in [0.05, 0.1) is 17.0 Å². The van der Waals surface area contributed by atoms with Crippen LogP contribution in [-0.4, -0.2) is 73.7 Å². The molecule has 1 heterocycles. The average Bonchev–Trinajstić information content (AvgIpc) is 3.00. The normalized spacial score (nSPS) is 26.7. The number of rotatable bonds is 8. The molecule has 170 valence electrons. The van der Waals surface area contributed by atoms with Gasteiger partial charge in [-0.15, -0.1) is 0 Å². The van der Waals surface area contributed by atoms with Crippen molar-refractivity contribution >= 4 is 6.03 Å². The van der Waals surface area contributed by atoms with Crippen molar-refractivity contribution < 1.29 is 9.53 Å². The van der Waals surface area contributed by atoms with Gasteiger partial charge in [0, 0.05) is 38.9 Å². The van der Waals surface area contributed by atoms with Gasteiger partial charge in [-0.1, -0.05) is 30.3 Å². The number of urea groups is 1. The van der Waals surface area contributed by atoms with E-state index in [9.17, 15) is 10.1 Å². The predicted octanol–water partition coefficient (Wildman–Crippen LogP) is 4.08. The Kier molecular flexibility index (Phi) is 6.98. The third kappa shape index (κ3) is 4.58. The fourth-order valence-electron chi connectivity index (χ4n) is 5.52. The van der Waals surface area contributed by atoms with Gasteiger partial charge in [0.1, 0.15) is 0 Å². The van der Waals surface area contributed by atoms with E-state index in [2.05, 4.69) is 60.3 Å². The van der Waals surface area contributed by atoms with Gasteiger partial charge in [0.15, 0.2) is 0 Å². The molecule has 0 N–H and O–H groups in total. The van der Waals surface area contributed by atoms with E-state index < -0.39 is 5.41 Å². The van der Waals surface area contributed by atoms with Crippen molar-refractivity contribution in [3.63, 3.8) is 0 Å². The molecule has 6 nitrogen and oxygen atoms in total. The number of ether oxygens (including phenoxy) is 1. The second-order valence-corrected chi connectivity index (χ2v) is 10.1. The molecular formula is C25H38N4O2. The third-order valence-corrected chi connectivity index (χ3v) is 7.35. The molecule has 0 bridgehead atoms. The van der Waals surface area contributed by atoms with Crippen molar-refractivity contribution in [2.75, 3.05) is 47.4 Å². The highest BCUT2D eigenvalue weighted by atomic mass is 16.5. The molecule has 2 amide bonds. The first-order chi connectivity index (χ1) is 14.7. The Morgan fingerprint density at radius 2 is 1.81 bits per heavy atom. The Balaban J connectivity index is 1.86. The summed E-state index contributed by atoms with van der Waals surface area (Å²) in [6.45, 7) is 6.36. The highest BCUT2D eigenvalue weighted by Crippen LogP contribution is 2.49. The lowest BCUT2D eigenvalue weighted by Crippen LogP contribution is -2.55. The van der Waals surface area contributed by atoms with E-state index in [1.165, 1.54) is 5.56 Å². The molecule has 2 aliphatic rings. The van der Waals surface area contributed by atoms with Crippen LogP contribution in [0.25, 0.3) is 0 Å². The Bertz CT molecular complexity index is 791.